The largest absolute Gasteiger partial charge is 0.399 e. The van der Waals surface area contributed by atoms with Crippen molar-refractivity contribution in [3.8, 4) is 0 Å². The van der Waals surface area contributed by atoms with Gasteiger partial charge < -0.3 is 5.73 Å². The molecule has 0 bridgehead atoms. The molecule has 0 saturated heterocycles. The van der Waals surface area contributed by atoms with Gasteiger partial charge in [0.1, 0.15) is 0 Å². The summed E-state index contributed by atoms with van der Waals surface area (Å²) in [6.45, 7) is 11.8. The van der Waals surface area contributed by atoms with Crippen molar-refractivity contribution in [3.63, 3.8) is 0 Å². The highest BCUT2D eigenvalue weighted by Crippen LogP contribution is 2.34. The molecule has 0 atom stereocenters. The number of benzene rings is 2. The van der Waals surface area contributed by atoms with Gasteiger partial charge in [-0.05, 0) is 73.1 Å². The SMILES string of the molecule is Cc1cccc(C)c1CN1CC=C(CCC(C)(C)C)N1S(=O)(=O)c1cccc(N)c1. The minimum absolute atomic E-state index is 0.119. The number of nitrogens with two attached hydrogens (primary N) is 1. The molecule has 0 fully saturated rings. The van der Waals surface area contributed by atoms with Gasteiger partial charge >= 0.3 is 0 Å². The van der Waals surface area contributed by atoms with Crippen molar-refractivity contribution in [3.05, 3.63) is 70.9 Å². The maximum Gasteiger partial charge on any atom is 0.277 e. The van der Waals surface area contributed by atoms with E-state index in [1.165, 1.54) is 21.6 Å². The minimum Gasteiger partial charge on any atom is -0.399 e. The van der Waals surface area contributed by atoms with E-state index in [1.54, 1.807) is 18.2 Å². The lowest BCUT2D eigenvalue weighted by Crippen LogP contribution is -2.41. The summed E-state index contributed by atoms with van der Waals surface area (Å²) in [5, 5.41) is 1.92. The Morgan fingerprint density at radius 2 is 1.67 bits per heavy atom. The van der Waals surface area contributed by atoms with Gasteiger partial charge in [-0.1, -0.05) is 45.0 Å². The molecule has 6 heteroatoms. The maximum absolute atomic E-state index is 13.7. The molecule has 1 aliphatic heterocycles. The molecule has 2 aromatic rings. The summed E-state index contributed by atoms with van der Waals surface area (Å²) in [6, 6.07) is 12.7. The van der Waals surface area contributed by atoms with E-state index in [0.717, 1.165) is 17.7 Å². The van der Waals surface area contributed by atoms with E-state index in [2.05, 4.69) is 46.8 Å². The smallest absolute Gasteiger partial charge is 0.277 e. The second-order valence-electron chi connectivity index (χ2n) is 9.29. The standard InChI is InChI=1S/C24H33N3O2S/c1-18-8-6-9-19(2)23(18)17-26-15-13-21(12-14-24(3,4)5)27(26)30(28,29)22-11-7-10-20(25)16-22/h6-11,13,16H,12,14-15,17,25H2,1-5H3. The van der Waals surface area contributed by atoms with Crippen LogP contribution >= 0.6 is 0 Å². The molecule has 1 aliphatic rings. The first kappa shape index (κ1) is 22.4. The molecule has 1 heterocycles. The van der Waals surface area contributed by atoms with E-state index in [1.807, 2.05) is 17.2 Å². The Morgan fingerprint density at radius 3 is 2.27 bits per heavy atom. The van der Waals surface area contributed by atoms with E-state index in [4.69, 9.17) is 5.73 Å². The van der Waals surface area contributed by atoms with E-state index in [-0.39, 0.29) is 10.3 Å². The fourth-order valence-electron chi connectivity index (χ4n) is 3.74. The topological polar surface area (TPSA) is 66.6 Å². The van der Waals surface area contributed by atoms with Crippen LogP contribution in [0.2, 0.25) is 0 Å². The van der Waals surface area contributed by atoms with Crippen molar-refractivity contribution in [2.45, 2.75) is 58.9 Å². The van der Waals surface area contributed by atoms with Crippen molar-refractivity contribution in [1.29, 1.82) is 0 Å². The quantitative estimate of drug-likeness (QED) is 0.658. The Bertz CT molecular complexity index is 1030. The number of rotatable bonds is 6. The van der Waals surface area contributed by atoms with Crippen molar-refractivity contribution < 1.29 is 8.42 Å². The summed E-state index contributed by atoms with van der Waals surface area (Å²) in [4.78, 5) is 0.220. The van der Waals surface area contributed by atoms with Gasteiger partial charge in [0.15, 0.2) is 0 Å². The third-order valence-corrected chi connectivity index (χ3v) is 7.31. The molecule has 5 nitrogen and oxygen atoms in total. The number of nitrogen functional groups attached to an aromatic ring is 1. The van der Waals surface area contributed by atoms with E-state index in [0.29, 0.717) is 25.2 Å². The van der Waals surface area contributed by atoms with Crippen LogP contribution in [0.4, 0.5) is 5.69 Å². The monoisotopic (exact) mass is 427 g/mol. The first-order valence-electron chi connectivity index (χ1n) is 10.4. The summed E-state index contributed by atoms with van der Waals surface area (Å²) >= 11 is 0. The second kappa shape index (κ2) is 8.44. The zero-order valence-corrected chi connectivity index (χ0v) is 19.5. The van der Waals surface area contributed by atoms with Crippen LogP contribution in [0.15, 0.2) is 59.1 Å². The number of anilines is 1. The third-order valence-electron chi connectivity index (χ3n) is 5.54. The maximum atomic E-state index is 13.7. The molecule has 0 unspecified atom stereocenters. The number of hydrazine groups is 1. The molecular formula is C24H33N3O2S. The third kappa shape index (κ3) is 4.87. The van der Waals surface area contributed by atoms with Crippen LogP contribution in [0.25, 0.3) is 0 Å². The Kier molecular flexibility index (Phi) is 6.29. The molecule has 2 N–H and O–H groups in total. The van der Waals surface area contributed by atoms with Crippen molar-refractivity contribution >= 4 is 15.7 Å². The minimum atomic E-state index is -3.76. The van der Waals surface area contributed by atoms with Gasteiger partial charge in [-0.25, -0.2) is 0 Å². The van der Waals surface area contributed by atoms with Crippen LogP contribution in [0.3, 0.4) is 0 Å². The summed E-state index contributed by atoms with van der Waals surface area (Å²) in [7, 11) is -3.76. The number of allylic oxidation sites excluding steroid dienone is 1. The molecule has 0 radical (unpaired) electrons. The normalized spacial score (nSPS) is 15.5. The van der Waals surface area contributed by atoms with E-state index >= 15 is 0 Å². The van der Waals surface area contributed by atoms with Gasteiger partial charge in [0.2, 0.25) is 0 Å². The fourth-order valence-corrected chi connectivity index (χ4v) is 5.37. The second-order valence-corrected chi connectivity index (χ2v) is 11.1. The average Bonchev–Trinajstić information content (AvgIpc) is 3.06. The lowest BCUT2D eigenvalue weighted by molar-refractivity contribution is 0.113. The molecule has 0 spiro atoms. The number of hydrogen-bond donors (Lipinski definition) is 1. The molecule has 0 saturated carbocycles. The highest BCUT2D eigenvalue weighted by atomic mass is 32.2. The van der Waals surface area contributed by atoms with Crippen molar-refractivity contribution in [2.24, 2.45) is 5.41 Å². The number of hydrogen-bond acceptors (Lipinski definition) is 4. The van der Waals surface area contributed by atoms with E-state index in [9.17, 15) is 8.42 Å². The van der Waals surface area contributed by atoms with E-state index < -0.39 is 10.0 Å². The van der Waals surface area contributed by atoms with Crippen LogP contribution in [-0.2, 0) is 16.6 Å². The molecule has 0 aromatic heterocycles. The van der Waals surface area contributed by atoms with Gasteiger partial charge in [-0.15, -0.1) is 0 Å². The van der Waals surface area contributed by atoms with Gasteiger partial charge in [0, 0.05) is 24.5 Å². The summed E-state index contributed by atoms with van der Waals surface area (Å²) in [6.07, 6.45) is 3.65. The first-order chi connectivity index (χ1) is 14.0. The van der Waals surface area contributed by atoms with Crippen LogP contribution < -0.4 is 5.73 Å². The zero-order valence-electron chi connectivity index (χ0n) is 18.6. The van der Waals surface area contributed by atoms with Gasteiger partial charge in [0.05, 0.1) is 4.90 Å². The lowest BCUT2D eigenvalue weighted by atomic mass is 9.90. The predicted octanol–water partition coefficient (Wildman–Crippen LogP) is 5.02. The van der Waals surface area contributed by atoms with Gasteiger partial charge in [0.25, 0.3) is 10.0 Å². The molecular weight excluding hydrogens is 394 g/mol. The highest BCUT2D eigenvalue weighted by molar-refractivity contribution is 7.89. The number of nitrogens with zero attached hydrogens (tertiary/aromatic N) is 2. The molecule has 162 valence electrons. The Balaban J connectivity index is 1.99. The lowest BCUT2D eigenvalue weighted by Gasteiger charge is -2.33. The van der Waals surface area contributed by atoms with Gasteiger partial charge in [-0.3, -0.25) is 0 Å². The highest BCUT2D eigenvalue weighted by Gasteiger charge is 2.36. The van der Waals surface area contributed by atoms with Crippen LogP contribution in [0, 0.1) is 19.3 Å². The average molecular weight is 428 g/mol. The van der Waals surface area contributed by atoms with Crippen molar-refractivity contribution in [2.75, 3.05) is 12.3 Å². The Labute approximate surface area is 181 Å². The zero-order chi connectivity index (χ0) is 22.1. The van der Waals surface area contributed by atoms with Gasteiger partial charge in [-0.2, -0.15) is 17.8 Å². The summed E-state index contributed by atoms with van der Waals surface area (Å²) in [5.74, 6) is 0. The van der Waals surface area contributed by atoms with Crippen molar-refractivity contribution in [1.82, 2.24) is 9.42 Å². The molecule has 30 heavy (non-hydrogen) atoms. The summed E-state index contributed by atoms with van der Waals surface area (Å²) in [5.41, 5.74) is 10.8. The molecule has 0 aliphatic carbocycles. The predicted molar refractivity (Wildman–Crippen MR) is 123 cm³/mol. The Hall–Kier alpha value is -2.31. The fraction of sp³-hybridized carbons (Fsp3) is 0.417. The van der Waals surface area contributed by atoms with Crippen LogP contribution in [0.5, 0.6) is 0 Å². The first-order valence-corrected chi connectivity index (χ1v) is 11.8. The number of aryl methyl sites for hydroxylation is 2. The Morgan fingerprint density at radius 1 is 1.03 bits per heavy atom. The molecule has 0 amide bonds. The van der Waals surface area contributed by atoms with Crippen LogP contribution in [-0.4, -0.2) is 24.4 Å². The molecule has 2 aromatic carbocycles. The van der Waals surface area contributed by atoms with Crippen LogP contribution in [0.1, 0.15) is 50.3 Å². The molecule has 3 rings (SSSR count). The number of sulfonamides is 1. The summed E-state index contributed by atoms with van der Waals surface area (Å²) < 4.78 is 28.9.